The number of amides is 1. The van der Waals surface area contributed by atoms with Crippen molar-refractivity contribution in [1.29, 1.82) is 0 Å². The van der Waals surface area contributed by atoms with Gasteiger partial charge in [-0.25, -0.2) is 0 Å². The average Bonchev–Trinajstić information content (AvgIpc) is 2.84. The van der Waals surface area contributed by atoms with Crippen molar-refractivity contribution in [2.75, 3.05) is 44.3 Å². The summed E-state index contributed by atoms with van der Waals surface area (Å²) < 4.78 is 0.764. The third-order valence-electron chi connectivity index (χ3n) is 6.91. The molecule has 3 N–H and O–H groups in total. The number of likely N-dealkylation sites (N-methyl/N-ethyl adjacent to an activating group) is 1. The summed E-state index contributed by atoms with van der Waals surface area (Å²) in [5.74, 6) is -0.0162. The lowest BCUT2D eigenvalue weighted by Gasteiger charge is -2.45. The summed E-state index contributed by atoms with van der Waals surface area (Å²) in [6.45, 7) is 7.77. The summed E-state index contributed by atoms with van der Waals surface area (Å²) in [5.41, 5.74) is 13.0. The molecular weight excluding hydrogens is 408 g/mol. The number of quaternary nitrogens is 1. The van der Waals surface area contributed by atoms with Crippen molar-refractivity contribution in [2.45, 2.75) is 26.3 Å². The predicted octanol–water partition coefficient (Wildman–Crippen LogP) is 4.97. The van der Waals surface area contributed by atoms with Crippen LogP contribution in [0.15, 0.2) is 72.8 Å². The highest BCUT2D eigenvalue weighted by atomic mass is 16.1. The Morgan fingerprint density at radius 2 is 1.52 bits per heavy atom. The number of hydrogen-bond donors (Lipinski definition) is 2. The zero-order valence-electron chi connectivity index (χ0n) is 19.9. The Kier molecular flexibility index (Phi) is 6.82. The Balaban J connectivity index is 1.61. The Morgan fingerprint density at radius 3 is 2.03 bits per heavy atom. The smallest absolute Gasteiger partial charge is 0.224 e. The molecule has 4 rings (SSSR count). The van der Waals surface area contributed by atoms with Crippen molar-refractivity contribution >= 4 is 23.0 Å². The number of nitrogens with zero attached hydrogens (tertiary/aromatic N) is 2. The third kappa shape index (κ3) is 4.80. The number of hydrogen-bond acceptors (Lipinski definition) is 3. The lowest BCUT2D eigenvalue weighted by Crippen LogP contribution is -2.59. The summed E-state index contributed by atoms with van der Waals surface area (Å²) in [6.07, 6.45) is 0.435. The Morgan fingerprint density at radius 1 is 0.970 bits per heavy atom. The van der Waals surface area contributed by atoms with E-state index in [9.17, 15) is 4.79 Å². The second-order valence-electron chi connectivity index (χ2n) is 9.20. The zero-order valence-corrected chi connectivity index (χ0v) is 19.9. The highest BCUT2D eigenvalue weighted by molar-refractivity contribution is 5.96. The fraction of sp³-hybridized carbons (Fsp3) is 0.321. The van der Waals surface area contributed by atoms with Gasteiger partial charge >= 0.3 is 0 Å². The number of nitrogen functional groups attached to an aromatic ring is 1. The first-order valence-corrected chi connectivity index (χ1v) is 11.8. The highest BCUT2D eigenvalue weighted by Gasteiger charge is 2.37. The van der Waals surface area contributed by atoms with Gasteiger partial charge in [0.1, 0.15) is 5.69 Å². The molecule has 1 heterocycles. The van der Waals surface area contributed by atoms with Crippen molar-refractivity contribution in [3.63, 3.8) is 0 Å². The fourth-order valence-electron chi connectivity index (χ4n) is 5.07. The normalized spacial score (nSPS) is 16.0. The minimum atomic E-state index is -0.0162. The number of carbonyl (C=O) groups excluding carboxylic acids is 1. The van der Waals surface area contributed by atoms with Crippen LogP contribution in [0.1, 0.15) is 36.1 Å². The van der Waals surface area contributed by atoms with Crippen LogP contribution in [0.2, 0.25) is 0 Å². The van der Waals surface area contributed by atoms with E-state index in [4.69, 9.17) is 5.73 Å². The second-order valence-corrected chi connectivity index (χ2v) is 9.20. The van der Waals surface area contributed by atoms with E-state index in [0.717, 1.165) is 42.0 Å². The number of anilines is 2. The van der Waals surface area contributed by atoms with Crippen LogP contribution >= 0.6 is 0 Å². The van der Waals surface area contributed by atoms with Gasteiger partial charge < -0.3 is 11.1 Å². The van der Waals surface area contributed by atoms with Crippen LogP contribution in [0, 0.1) is 6.92 Å². The molecule has 0 bridgehead atoms. The molecule has 0 aromatic heterocycles. The van der Waals surface area contributed by atoms with E-state index in [0.29, 0.717) is 12.1 Å². The van der Waals surface area contributed by atoms with E-state index in [1.165, 1.54) is 16.7 Å². The molecule has 3 aromatic carbocycles. The molecule has 1 amide bonds. The van der Waals surface area contributed by atoms with Gasteiger partial charge in [0.05, 0.1) is 31.9 Å². The van der Waals surface area contributed by atoms with Crippen LogP contribution in [0.5, 0.6) is 0 Å². The van der Waals surface area contributed by atoms with Crippen LogP contribution in [-0.4, -0.2) is 44.0 Å². The van der Waals surface area contributed by atoms with Gasteiger partial charge in [0.2, 0.25) is 5.91 Å². The molecule has 3 aromatic rings. The van der Waals surface area contributed by atoms with Gasteiger partial charge in [-0.05, 0) is 24.1 Å². The first-order valence-electron chi connectivity index (χ1n) is 11.8. The number of nitrogens with two attached hydrogens (primary N) is 1. The maximum absolute atomic E-state index is 12.0. The second kappa shape index (κ2) is 9.77. The fourth-order valence-corrected chi connectivity index (χ4v) is 5.07. The summed E-state index contributed by atoms with van der Waals surface area (Å²) >= 11 is 0. The molecule has 0 saturated carbocycles. The van der Waals surface area contributed by atoms with Gasteiger partial charge in [0.15, 0.2) is 5.69 Å². The Labute approximate surface area is 197 Å². The van der Waals surface area contributed by atoms with Crippen molar-refractivity contribution in [2.24, 2.45) is 0 Å². The zero-order chi connectivity index (χ0) is 23.4. The number of nitrogens with one attached hydrogen (secondary N) is 1. The SMILES string of the molecule is CCC(=O)Nc1ccc(C)c([N+]2(C)CCN(C(c3ccccc3)c3ccccc3)CC2)c1N. The van der Waals surface area contributed by atoms with Crippen LogP contribution in [0.25, 0.3) is 0 Å². The van der Waals surface area contributed by atoms with Gasteiger partial charge in [0.25, 0.3) is 0 Å². The van der Waals surface area contributed by atoms with Gasteiger partial charge in [-0.2, -0.15) is 0 Å². The molecule has 33 heavy (non-hydrogen) atoms. The molecule has 5 heteroatoms. The molecular formula is C28H35N4O+. The number of piperazine rings is 1. The van der Waals surface area contributed by atoms with Crippen LogP contribution in [0.3, 0.4) is 0 Å². The van der Waals surface area contributed by atoms with E-state index in [2.05, 4.69) is 90.9 Å². The lowest BCUT2D eigenvalue weighted by molar-refractivity contribution is -0.115. The van der Waals surface area contributed by atoms with Gasteiger partial charge in [0, 0.05) is 25.1 Å². The van der Waals surface area contributed by atoms with Gasteiger partial charge in [-0.15, -0.1) is 0 Å². The minimum Gasteiger partial charge on any atom is -0.392 e. The average molecular weight is 444 g/mol. The van der Waals surface area contributed by atoms with Crippen LogP contribution < -0.4 is 15.5 Å². The number of rotatable bonds is 6. The standard InChI is InChI=1S/C28H34N4O/c1-4-25(33)30-24-16-15-21(2)28(26(24)29)32(3)19-17-31(18-20-32)27(22-11-7-5-8-12-22)23-13-9-6-10-14-23/h5-16,27H,4,17-20,29H2,1-3H3/p+1. The van der Waals surface area contributed by atoms with E-state index >= 15 is 0 Å². The van der Waals surface area contributed by atoms with E-state index in [1.54, 1.807) is 0 Å². The lowest BCUT2D eigenvalue weighted by atomic mass is 9.96. The molecule has 172 valence electrons. The Hall–Kier alpha value is -3.15. The molecule has 0 unspecified atom stereocenters. The first-order chi connectivity index (χ1) is 15.9. The molecule has 1 aliphatic rings. The molecule has 0 spiro atoms. The quantitative estimate of drug-likeness (QED) is 0.418. The van der Waals surface area contributed by atoms with Gasteiger partial charge in [-0.1, -0.05) is 73.7 Å². The molecule has 1 aliphatic heterocycles. The molecule has 0 radical (unpaired) electrons. The summed E-state index contributed by atoms with van der Waals surface area (Å²) in [6, 6.07) is 25.8. The molecule has 0 aliphatic carbocycles. The maximum Gasteiger partial charge on any atom is 0.224 e. The number of carbonyl (C=O) groups is 1. The molecule has 0 atom stereocenters. The topological polar surface area (TPSA) is 58.4 Å². The summed E-state index contributed by atoms with van der Waals surface area (Å²) in [7, 11) is 2.27. The van der Waals surface area contributed by atoms with Crippen molar-refractivity contribution < 1.29 is 4.79 Å². The number of aryl methyl sites for hydroxylation is 1. The largest absolute Gasteiger partial charge is 0.392 e. The maximum atomic E-state index is 12.0. The predicted molar refractivity (Wildman–Crippen MR) is 138 cm³/mol. The number of benzene rings is 3. The van der Waals surface area contributed by atoms with E-state index < -0.39 is 0 Å². The molecule has 1 fully saturated rings. The van der Waals surface area contributed by atoms with E-state index in [-0.39, 0.29) is 11.9 Å². The summed E-state index contributed by atoms with van der Waals surface area (Å²) in [4.78, 5) is 14.6. The van der Waals surface area contributed by atoms with Crippen molar-refractivity contribution in [3.8, 4) is 0 Å². The highest BCUT2D eigenvalue weighted by Crippen LogP contribution is 2.39. The monoisotopic (exact) mass is 443 g/mol. The van der Waals surface area contributed by atoms with Gasteiger partial charge in [-0.3, -0.25) is 14.2 Å². The first kappa shape index (κ1) is 23.0. The van der Waals surface area contributed by atoms with Crippen molar-refractivity contribution in [1.82, 2.24) is 9.38 Å². The minimum absolute atomic E-state index is 0.0162. The molecule has 5 nitrogen and oxygen atoms in total. The van der Waals surface area contributed by atoms with E-state index in [1.807, 2.05) is 13.0 Å². The molecule has 1 saturated heterocycles. The Bertz CT molecular complexity index is 1050. The third-order valence-corrected chi connectivity index (χ3v) is 6.91. The van der Waals surface area contributed by atoms with Crippen molar-refractivity contribution in [3.05, 3.63) is 89.5 Å². The van der Waals surface area contributed by atoms with Crippen LogP contribution in [-0.2, 0) is 4.79 Å². The summed E-state index contributed by atoms with van der Waals surface area (Å²) in [5, 5.41) is 2.97. The van der Waals surface area contributed by atoms with Crippen LogP contribution in [0.4, 0.5) is 17.1 Å².